The molecule has 0 radical (unpaired) electrons. The van der Waals surface area contributed by atoms with Gasteiger partial charge >= 0.3 is 0 Å². The van der Waals surface area contributed by atoms with Crippen molar-refractivity contribution >= 4 is 0 Å². The second-order valence-electron chi connectivity index (χ2n) is 4.78. The highest BCUT2D eigenvalue weighted by atomic mass is 16.3. The summed E-state index contributed by atoms with van der Waals surface area (Å²) in [6, 6.07) is 0. The Morgan fingerprint density at radius 1 is 1.15 bits per heavy atom. The number of rotatable bonds is 2. The molecule has 2 heteroatoms. The van der Waals surface area contributed by atoms with Crippen LogP contribution in [0.4, 0.5) is 0 Å². The van der Waals surface area contributed by atoms with Crippen LogP contribution < -0.4 is 5.32 Å². The van der Waals surface area contributed by atoms with Gasteiger partial charge in [0, 0.05) is 0 Å². The molecule has 2 aliphatic rings. The second-order valence-corrected chi connectivity index (χ2v) is 4.78. The smallest absolute Gasteiger partial charge is 0.0542 e. The molecular weight excluding hydrogens is 162 g/mol. The van der Waals surface area contributed by atoms with E-state index in [4.69, 9.17) is 0 Å². The van der Waals surface area contributed by atoms with E-state index in [-0.39, 0.29) is 6.10 Å². The first-order chi connectivity index (χ1) is 6.34. The quantitative estimate of drug-likeness (QED) is 0.680. The zero-order valence-electron chi connectivity index (χ0n) is 8.34. The Bertz CT molecular complexity index is 154. The number of hydrogen-bond acceptors (Lipinski definition) is 2. The van der Waals surface area contributed by atoms with Crippen molar-refractivity contribution in [2.75, 3.05) is 13.1 Å². The molecule has 0 amide bonds. The minimum absolute atomic E-state index is 0.00751. The number of hydrogen-bond donors (Lipinski definition) is 2. The highest BCUT2D eigenvalue weighted by Crippen LogP contribution is 2.30. The first kappa shape index (κ1) is 9.47. The van der Waals surface area contributed by atoms with E-state index in [0.717, 1.165) is 24.7 Å². The largest absolute Gasteiger partial charge is 0.393 e. The summed E-state index contributed by atoms with van der Waals surface area (Å²) >= 11 is 0. The van der Waals surface area contributed by atoms with Gasteiger partial charge in [-0.25, -0.2) is 0 Å². The molecule has 2 fully saturated rings. The van der Waals surface area contributed by atoms with Crippen molar-refractivity contribution in [3.63, 3.8) is 0 Å². The minimum Gasteiger partial charge on any atom is -0.393 e. The van der Waals surface area contributed by atoms with Gasteiger partial charge in [0.2, 0.25) is 0 Å². The van der Waals surface area contributed by atoms with Gasteiger partial charge in [0.15, 0.2) is 0 Å². The lowest BCUT2D eigenvalue weighted by Gasteiger charge is -2.27. The molecule has 2 N–H and O–H groups in total. The lowest BCUT2D eigenvalue weighted by Crippen LogP contribution is -2.22. The van der Waals surface area contributed by atoms with Gasteiger partial charge in [-0.3, -0.25) is 0 Å². The maximum Gasteiger partial charge on any atom is 0.0542 e. The van der Waals surface area contributed by atoms with E-state index < -0.39 is 0 Å². The Kier molecular flexibility index (Phi) is 3.23. The average molecular weight is 183 g/mol. The fourth-order valence-electron chi connectivity index (χ4n) is 2.86. The predicted molar refractivity (Wildman–Crippen MR) is 53.6 cm³/mol. The van der Waals surface area contributed by atoms with Crippen molar-refractivity contribution in [1.82, 2.24) is 5.32 Å². The van der Waals surface area contributed by atoms with Crippen molar-refractivity contribution in [2.24, 2.45) is 11.8 Å². The van der Waals surface area contributed by atoms with Gasteiger partial charge in [-0.15, -0.1) is 0 Å². The minimum atomic E-state index is 0.00751. The van der Waals surface area contributed by atoms with Gasteiger partial charge in [-0.05, 0) is 50.6 Å². The lowest BCUT2D eigenvalue weighted by atomic mass is 9.81. The van der Waals surface area contributed by atoms with Gasteiger partial charge < -0.3 is 10.4 Å². The first-order valence-electron chi connectivity index (χ1n) is 5.73. The van der Waals surface area contributed by atoms with E-state index >= 15 is 0 Å². The summed E-state index contributed by atoms with van der Waals surface area (Å²) < 4.78 is 0. The van der Waals surface area contributed by atoms with Crippen LogP contribution >= 0.6 is 0 Å². The van der Waals surface area contributed by atoms with E-state index in [2.05, 4.69) is 5.32 Å². The molecule has 3 atom stereocenters. The molecule has 0 aromatic carbocycles. The Morgan fingerprint density at radius 3 is 2.77 bits per heavy atom. The molecule has 76 valence electrons. The molecule has 0 aromatic heterocycles. The third-order valence-corrected chi connectivity index (χ3v) is 3.58. The van der Waals surface area contributed by atoms with Crippen LogP contribution in [0.2, 0.25) is 0 Å². The summed E-state index contributed by atoms with van der Waals surface area (Å²) in [5.74, 6) is 1.71. The highest BCUT2D eigenvalue weighted by molar-refractivity contribution is 4.78. The monoisotopic (exact) mass is 183 g/mol. The standard InChI is InChI=1S/C11H21NO/c13-11-3-1-2-9(7-11)6-10-4-5-12-8-10/h9-13H,1-8H2. The van der Waals surface area contributed by atoms with E-state index in [1.54, 1.807) is 0 Å². The summed E-state index contributed by atoms with van der Waals surface area (Å²) in [6.45, 7) is 2.42. The third-order valence-electron chi connectivity index (χ3n) is 3.58. The van der Waals surface area contributed by atoms with E-state index in [0.29, 0.717) is 0 Å². The van der Waals surface area contributed by atoms with Crippen LogP contribution in [0.5, 0.6) is 0 Å². The Labute approximate surface area is 80.7 Å². The molecule has 0 spiro atoms. The summed E-state index contributed by atoms with van der Waals surface area (Å²) in [7, 11) is 0. The van der Waals surface area contributed by atoms with Gasteiger partial charge in [0.1, 0.15) is 0 Å². The molecule has 2 rings (SSSR count). The SMILES string of the molecule is OC1CCCC(CC2CCNC2)C1. The molecule has 2 nitrogen and oxygen atoms in total. The molecule has 0 bridgehead atoms. The van der Waals surface area contributed by atoms with Crippen LogP contribution in [0.3, 0.4) is 0 Å². The number of nitrogens with one attached hydrogen (secondary N) is 1. The normalized spacial score (nSPS) is 40.8. The Balaban J connectivity index is 1.73. The molecule has 3 unspecified atom stereocenters. The van der Waals surface area contributed by atoms with Crippen molar-refractivity contribution in [2.45, 2.75) is 44.6 Å². The van der Waals surface area contributed by atoms with Gasteiger partial charge in [0.05, 0.1) is 6.10 Å². The number of aliphatic hydroxyl groups excluding tert-OH is 1. The summed E-state index contributed by atoms with van der Waals surface area (Å²) in [6.07, 6.45) is 7.42. The molecule has 1 saturated heterocycles. The third kappa shape index (κ3) is 2.68. The molecule has 0 aromatic rings. The lowest BCUT2D eigenvalue weighted by molar-refractivity contribution is 0.0932. The van der Waals surface area contributed by atoms with Crippen molar-refractivity contribution in [3.8, 4) is 0 Å². The summed E-state index contributed by atoms with van der Waals surface area (Å²) in [4.78, 5) is 0. The molecule has 13 heavy (non-hydrogen) atoms. The molecule has 1 aliphatic heterocycles. The Hall–Kier alpha value is -0.0800. The first-order valence-corrected chi connectivity index (χ1v) is 5.73. The van der Waals surface area contributed by atoms with Gasteiger partial charge in [-0.1, -0.05) is 12.8 Å². The number of aliphatic hydroxyl groups is 1. The van der Waals surface area contributed by atoms with Crippen LogP contribution in [0, 0.1) is 11.8 Å². The maximum absolute atomic E-state index is 9.54. The highest BCUT2D eigenvalue weighted by Gasteiger charge is 2.24. The topological polar surface area (TPSA) is 32.3 Å². The zero-order valence-corrected chi connectivity index (χ0v) is 8.34. The van der Waals surface area contributed by atoms with E-state index in [9.17, 15) is 5.11 Å². The molecule has 1 saturated carbocycles. The maximum atomic E-state index is 9.54. The fourth-order valence-corrected chi connectivity index (χ4v) is 2.86. The summed E-state index contributed by atoms with van der Waals surface area (Å²) in [5.41, 5.74) is 0. The molecular formula is C11H21NO. The van der Waals surface area contributed by atoms with Gasteiger partial charge in [-0.2, -0.15) is 0 Å². The van der Waals surface area contributed by atoms with Crippen LogP contribution in [0.15, 0.2) is 0 Å². The van der Waals surface area contributed by atoms with Crippen molar-refractivity contribution < 1.29 is 5.11 Å². The second kappa shape index (κ2) is 4.43. The average Bonchev–Trinajstić information content (AvgIpc) is 2.57. The predicted octanol–water partition coefficient (Wildman–Crippen LogP) is 1.54. The zero-order chi connectivity index (χ0) is 9.10. The van der Waals surface area contributed by atoms with Crippen LogP contribution in [-0.2, 0) is 0 Å². The van der Waals surface area contributed by atoms with Crippen LogP contribution in [0.1, 0.15) is 38.5 Å². The van der Waals surface area contributed by atoms with Crippen molar-refractivity contribution in [3.05, 3.63) is 0 Å². The Morgan fingerprint density at radius 2 is 2.08 bits per heavy atom. The van der Waals surface area contributed by atoms with Crippen molar-refractivity contribution in [1.29, 1.82) is 0 Å². The van der Waals surface area contributed by atoms with Gasteiger partial charge in [0.25, 0.3) is 0 Å². The fraction of sp³-hybridized carbons (Fsp3) is 1.00. The van der Waals surface area contributed by atoms with E-state index in [1.807, 2.05) is 0 Å². The molecule has 1 heterocycles. The van der Waals surface area contributed by atoms with E-state index in [1.165, 1.54) is 38.8 Å². The molecule has 1 aliphatic carbocycles. The van der Waals surface area contributed by atoms with Crippen LogP contribution in [-0.4, -0.2) is 24.3 Å². The summed E-state index contributed by atoms with van der Waals surface area (Å²) in [5, 5.41) is 12.9. The van der Waals surface area contributed by atoms with Crippen LogP contribution in [0.25, 0.3) is 0 Å².